The van der Waals surface area contributed by atoms with Crippen molar-refractivity contribution in [1.29, 1.82) is 0 Å². The lowest BCUT2D eigenvalue weighted by Crippen LogP contribution is -2.28. The van der Waals surface area contributed by atoms with Crippen molar-refractivity contribution in [3.05, 3.63) is 75.7 Å². The van der Waals surface area contributed by atoms with Crippen LogP contribution in [0.4, 0.5) is 11.4 Å². The SMILES string of the molecule is COc1ccc(Oc2ccc(N3C[C@@H](C(=O)OCC(=O)Nc4ccc(Br)c(Cl)c4C)CC3=O)cc2)cc1. The van der Waals surface area contributed by atoms with E-state index in [0.29, 0.717) is 37.9 Å². The third-order valence-corrected chi connectivity index (χ3v) is 7.24. The van der Waals surface area contributed by atoms with Gasteiger partial charge in [0.05, 0.1) is 18.1 Å². The summed E-state index contributed by atoms with van der Waals surface area (Å²) < 4.78 is 16.9. The van der Waals surface area contributed by atoms with Crippen molar-refractivity contribution in [2.45, 2.75) is 13.3 Å². The highest BCUT2D eigenvalue weighted by molar-refractivity contribution is 9.10. The van der Waals surface area contributed by atoms with Crippen LogP contribution in [0.3, 0.4) is 0 Å². The van der Waals surface area contributed by atoms with Crippen LogP contribution in [-0.4, -0.2) is 38.0 Å². The van der Waals surface area contributed by atoms with Crippen molar-refractivity contribution in [2.24, 2.45) is 5.92 Å². The molecule has 192 valence electrons. The first-order valence-corrected chi connectivity index (χ1v) is 12.6. The second kappa shape index (κ2) is 11.7. The first-order valence-electron chi connectivity index (χ1n) is 11.4. The molecule has 0 saturated carbocycles. The molecule has 1 atom stereocenters. The molecule has 0 radical (unpaired) electrons. The lowest BCUT2D eigenvalue weighted by molar-refractivity contribution is -0.151. The van der Waals surface area contributed by atoms with E-state index in [-0.39, 0.29) is 18.9 Å². The quantitative estimate of drug-likeness (QED) is 0.338. The van der Waals surface area contributed by atoms with E-state index in [1.807, 2.05) is 0 Å². The summed E-state index contributed by atoms with van der Waals surface area (Å²) in [6.07, 6.45) is 0.00593. The molecule has 10 heteroatoms. The number of hydrogen-bond donors (Lipinski definition) is 1. The monoisotopic (exact) mass is 586 g/mol. The van der Waals surface area contributed by atoms with Crippen LogP contribution in [0.1, 0.15) is 12.0 Å². The van der Waals surface area contributed by atoms with E-state index in [0.717, 1.165) is 5.75 Å². The highest BCUT2D eigenvalue weighted by atomic mass is 79.9. The highest BCUT2D eigenvalue weighted by Gasteiger charge is 2.36. The normalized spacial score (nSPS) is 14.9. The molecule has 1 saturated heterocycles. The summed E-state index contributed by atoms with van der Waals surface area (Å²) >= 11 is 9.51. The first-order chi connectivity index (χ1) is 17.7. The number of nitrogens with one attached hydrogen (secondary N) is 1. The zero-order valence-electron chi connectivity index (χ0n) is 20.1. The number of carbonyl (C=O) groups is 3. The number of carbonyl (C=O) groups excluding carboxylic acids is 3. The number of ether oxygens (including phenoxy) is 3. The van der Waals surface area contributed by atoms with E-state index >= 15 is 0 Å². The molecule has 4 rings (SSSR count). The van der Waals surface area contributed by atoms with Gasteiger partial charge in [-0.25, -0.2) is 0 Å². The lowest BCUT2D eigenvalue weighted by atomic mass is 10.1. The van der Waals surface area contributed by atoms with Crippen LogP contribution in [0.15, 0.2) is 65.1 Å². The molecule has 2 amide bonds. The number of amides is 2. The highest BCUT2D eigenvalue weighted by Crippen LogP contribution is 2.32. The standard InChI is InChI=1S/C27H24BrClN2O6/c1-16-23(12-11-22(28)26(16)29)30-24(32)15-36-27(34)17-13-25(33)31(14-17)18-3-5-20(6-4-18)37-21-9-7-19(35-2)8-10-21/h3-12,17H,13-15H2,1-2H3,(H,30,32)/t17-/m0/s1. The summed E-state index contributed by atoms with van der Waals surface area (Å²) in [4.78, 5) is 38.9. The van der Waals surface area contributed by atoms with Crippen LogP contribution in [0.2, 0.25) is 5.02 Å². The average molecular weight is 588 g/mol. The number of nitrogens with zero attached hydrogens (tertiary/aromatic N) is 1. The van der Waals surface area contributed by atoms with E-state index in [9.17, 15) is 14.4 Å². The van der Waals surface area contributed by atoms with Gasteiger partial charge in [-0.05, 0) is 89.1 Å². The number of anilines is 2. The second-order valence-corrected chi connectivity index (χ2v) is 9.60. The zero-order valence-corrected chi connectivity index (χ0v) is 22.5. The topological polar surface area (TPSA) is 94.2 Å². The molecule has 1 aliphatic heterocycles. The number of esters is 1. The van der Waals surface area contributed by atoms with Gasteiger partial charge in [0.1, 0.15) is 17.2 Å². The van der Waals surface area contributed by atoms with Gasteiger partial charge in [-0.3, -0.25) is 14.4 Å². The number of halogens is 2. The average Bonchev–Trinajstić information content (AvgIpc) is 3.30. The fraction of sp³-hybridized carbons (Fsp3) is 0.222. The van der Waals surface area contributed by atoms with Gasteiger partial charge >= 0.3 is 5.97 Å². The van der Waals surface area contributed by atoms with Gasteiger partial charge in [0.15, 0.2) is 6.61 Å². The number of rotatable bonds is 8. The fourth-order valence-corrected chi connectivity index (χ4v) is 4.41. The lowest BCUT2D eigenvalue weighted by Gasteiger charge is -2.17. The molecule has 0 spiro atoms. The fourth-order valence-electron chi connectivity index (χ4n) is 3.82. The Bertz CT molecular complexity index is 1310. The van der Waals surface area contributed by atoms with Crippen molar-refractivity contribution in [1.82, 2.24) is 0 Å². The van der Waals surface area contributed by atoms with Crippen molar-refractivity contribution in [3.8, 4) is 17.2 Å². The van der Waals surface area contributed by atoms with E-state index in [1.54, 1.807) is 74.7 Å². The first kappa shape index (κ1) is 26.5. The van der Waals surface area contributed by atoms with Crippen molar-refractivity contribution in [2.75, 3.05) is 30.5 Å². The molecule has 3 aromatic carbocycles. The van der Waals surface area contributed by atoms with E-state index < -0.39 is 24.4 Å². The number of hydrogen-bond acceptors (Lipinski definition) is 6. The molecular formula is C27H24BrClN2O6. The molecule has 3 aromatic rings. The zero-order chi connectivity index (χ0) is 26.5. The van der Waals surface area contributed by atoms with Crippen LogP contribution in [0.25, 0.3) is 0 Å². The molecule has 0 bridgehead atoms. The van der Waals surface area contributed by atoms with Crippen LogP contribution < -0.4 is 19.7 Å². The molecule has 0 aromatic heterocycles. The Labute approximate surface area is 227 Å². The van der Waals surface area contributed by atoms with E-state index in [4.69, 9.17) is 25.8 Å². The molecular weight excluding hydrogens is 564 g/mol. The maximum absolute atomic E-state index is 12.6. The Morgan fingerprint density at radius 3 is 2.30 bits per heavy atom. The second-order valence-electron chi connectivity index (χ2n) is 8.37. The van der Waals surface area contributed by atoms with Gasteiger partial charge in [0.2, 0.25) is 5.91 Å². The minimum absolute atomic E-state index is 0.00593. The van der Waals surface area contributed by atoms with Gasteiger partial charge in [-0.15, -0.1) is 0 Å². The molecule has 37 heavy (non-hydrogen) atoms. The predicted molar refractivity (Wildman–Crippen MR) is 143 cm³/mol. The Hall–Kier alpha value is -3.56. The summed E-state index contributed by atoms with van der Waals surface area (Å²) in [7, 11) is 1.60. The van der Waals surface area contributed by atoms with Gasteiger partial charge in [-0.1, -0.05) is 11.6 Å². The van der Waals surface area contributed by atoms with E-state index in [1.165, 1.54) is 4.90 Å². The molecule has 8 nitrogen and oxygen atoms in total. The third kappa shape index (κ3) is 6.42. The minimum Gasteiger partial charge on any atom is -0.497 e. The summed E-state index contributed by atoms with van der Waals surface area (Å²) in [5, 5.41) is 3.16. The Morgan fingerprint density at radius 1 is 1.03 bits per heavy atom. The van der Waals surface area contributed by atoms with Crippen LogP contribution in [0.5, 0.6) is 17.2 Å². The molecule has 1 N–H and O–H groups in total. The van der Waals surface area contributed by atoms with Gasteiger partial charge in [-0.2, -0.15) is 0 Å². The van der Waals surface area contributed by atoms with Gasteiger partial charge in [0.25, 0.3) is 5.91 Å². The van der Waals surface area contributed by atoms with Gasteiger partial charge in [0, 0.05) is 28.8 Å². The third-order valence-electron chi connectivity index (χ3n) is 5.86. The molecule has 0 unspecified atom stereocenters. The predicted octanol–water partition coefficient (Wildman–Crippen LogP) is 5.75. The Kier molecular flexibility index (Phi) is 8.35. The number of methoxy groups -OCH3 is 1. The smallest absolute Gasteiger partial charge is 0.311 e. The Balaban J connectivity index is 1.29. The van der Waals surface area contributed by atoms with Crippen molar-refractivity contribution >= 4 is 56.7 Å². The van der Waals surface area contributed by atoms with Crippen LogP contribution in [0, 0.1) is 12.8 Å². The largest absolute Gasteiger partial charge is 0.497 e. The van der Waals surface area contributed by atoms with Crippen molar-refractivity contribution < 1.29 is 28.6 Å². The summed E-state index contributed by atoms with van der Waals surface area (Å²) in [6.45, 7) is 1.47. The summed E-state index contributed by atoms with van der Waals surface area (Å²) in [5.41, 5.74) is 1.85. The maximum Gasteiger partial charge on any atom is 0.311 e. The summed E-state index contributed by atoms with van der Waals surface area (Å²) in [6, 6.07) is 17.6. The van der Waals surface area contributed by atoms with Crippen LogP contribution >= 0.6 is 27.5 Å². The van der Waals surface area contributed by atoms with E-state index in [2.05, 4.69) is 21.2 Å². The summed E-state index contributed by atoms with van der Waals surface area (Å²) in [5.74, 6) is 0.0173. The Morgan fingerprint density at radius 2 is 1.65 bits per heavy atom. The molecule has 1 fully saturated rings. The van der Waals surface area contributed by atoms with Crippen molar-refractivity contribution in [3.63, 3.8) is 0 Å². The van der Waals surface area contributed by atoms with Gasteiger partial charge < -0.3 is 24.4 Å². The molecule has 1 aliphatic rings. The van der Waals surface area contributed by atoms with Crippen LogP contribution in [-0.2, 0) is 19.1 Å². The number of benzene rings is 3. The maximum atomic E-state index is 12.6. The molecule has 0 aliphatic carbocycles. The minimum atomic E-state index is -0.667. The molecule has 1 heterocycles.